The Morgan fingerprint density at radius 1 is 1.32 bits per heavy atom. The second-order valence-corrected chi connectivity index (χ2v) is 5.04. The van der Waals surface area contributed by atoms with Gasteiger partial charge in [0.05, 0.1) is 6.54 Å². The monoisotopic (exact) mass is 322 g/mol. The number of anilines is 1. The molecule has 0 amide bonds. The van der Waals surface area contributed by atoms with Crippen LogP contribution < -0.4 is 5.32 Å². The lowest BCUT2D eigenvalue weighted by atomic mass is 10.3. The fraction of sp³-hybridized carbons (Fsp3) is 0.214. The van der Waals surface area contributed by atoms with Crippen molar-refractivity contribution in [2.45, 2.75) is 19.6 Å². The van der Waals surface area contributed by atoms with E-state index in [4.69, 9.17) is 20.5 Å². The normalized spacial score (nSPS) is 12.3. The smallest absolute Gasteiger partial charge is 0.286 e. The van der Waals surface area contributed by atoms with Crippen LogP contribution in [-0.2, 0) is 6.54 Å². The average molecular weight is 323 g/mol. The van der Waals surface area contributed by atoms with Crippen LogP contribution in [0.15, 0.2) is 39.3 Å². The van der Waals surface area contributed by atoms with Gasteiger partial charge in [-0.2, -0.15) is 0 Å². The number of hydrogen-bond donors (Lipinski definition) is 1. The zero-order valence-electron chi connectivity index (χ0n) is 11.6. The van der Waals surface area contributed by atoms with E-state index in [1.54, 1.807) is 18.2 Å². The molecule has 0 aliphatic carbocycles. The van der Waals surface area contributed by atoms with Crippen LogP contribution in [0.1, 0.15) is 24.7 Å². The van der Waals surface area contributed by atoms with Gasteiger partial charge in [0.1, 0.15) is 5.69 Å². The standard InChI is InChI=1S/C14H12ClFN4O2/c1-8(16)13-18-19-14(21-13)12-6-11(20-22-12)7-17-10-4-2-3-9(15)5-10/h2-6,8,17H,7H2,1H3. The van der Waals surface area contributed by atoms with Crippen molar-refractivity contribution < 1.29 is 13.3 Å². The molecular weight excluding hydrogens is 311 g/mol. The third-order valence-electron chi connectivity index (χ3n) is 2.85. The van der Waals surface area contributed by atoms with Gasteiger partial charge in [0, 0.05) is 16.8 Å². The second-order valence-electron chi connectivity index (χ2n) is 4.61. The summed E-state index contributed by atoms with van der Waals surface area (Å²) >= 11 is 5.91. The largest absolute Gasteiger partial charge is 0.415 e. The van der Waals surface area contributed by atoms with E-state index in [0.29, 0.717) is 23.0 Å². The minimum absolute atomic E-state index is 0.0926. The molecule has 2 heterocycles. The summed E-state index contributed by atoms with van der Waals surface area (Å²) in [6.07, 6.45) is -1.33. The second kappa shape index (κ2) is 6.15. The summed E-state index contributed by atoms with van der Waals surface area (Å²) in [4.78, 5) is 0. The molecule has 1 atom stereocenters. The lowest BCUT2D eigenvalue weighted by Gasteiger charge is -2.03. The molecular formula is C14H12ClFN4O2. The van der Waals surface area contributed by atoms with E-state index in [9.17, 15) is 4.39 Å². The summed E-state index contributed by atoms with van der Waals surface area (Å²) in [6.45, 7) is 1.75. The summed E-state index contributed by atoms with van der Waals surface area (Å²) in [6, 6.07) is 8.98. The zero-order valence-corrected chi connectivity index (χ0v) is 12.3. The SMILES string of the molecule is CC(F)c1nnc(-c2cc(CNc3cccc(Cl)c3)no2)o1. The van der Waals surface area contributed by atoms with Crippen LogP contribution in [0.4, 0.5) is 10.1 Å². The molecule has 6 nitrogen and oxygen atoms in total. The molecule has 1 N–H and O–H groups in total. The minimum Gasteiger partial charge on any atom is -0.415 e. The van der Waals surface area contributed by atoms with Gasteiger partial charge in [-0.3, -0.25) is 0 Å². The number of nitrogens with zero attached hydrogens (tertiary/aromatic N) is 3. The predicted octanol–water partition coefficient (Wildman–Crippen LogP) is 4.02. The Labute approximate surface area is 130 Å². The van der Waals surface area contributed by atoms with Crippen LogP contribution in [-0.4, -0.2) is 15.4 Å². The molecule has 114 valence electrons. The first-order chi connectivity index (χ1) is 10.6. The first kappa shape index (κ1) is 14.5. The molecule has 3 aromatic rings. The van der Waals surface area contributed by atoms with Gasteiger partial charge in [-0.05, 0) is 25.1 Å². The van der Waals surface area contributed by atoms with Crippen molar-refractivity contribution in [3.8, 4) is 11.7 Å². The summed E-state index contributed by atoms with van der Waals surface area (Å²) in [5.74, 6) is 0.299. The number of hydrogen-bond acceptors (Lipinski definition) is 6. The molecule has 3 rings (SSSR count). The van der Waals surface area contributed by atoms with Crippen molar-refractivity contribution in [3.63, 3.8) is 0 Å². The van der Waals surface area contributed by atoms with Crippen LogP contribution in [0.25, 0.3) is 11.7 Å². The van der Waals surface area contributed by atoms with Crippen LogP contribution in [0, 0.1) is 0 Å². The molecule has 0 saturated carbocycles. The van der Waals surface area contributed by atoms with Crippen LogP contribution in [0.3, 0.4) is 0 Å². The summed E-state index contributed by atoms with van der Waals surface area (Å²) in [5, 5.41) is 15.0. The predicted molar refractivity (Wildman–Crippen MR) is 78.1 cm³/mol. The fourth-order valence-corrected chi connectivity index (χ4v) is 1.97. The molecule has 8 heteroatoms. The highest BCUT2D eigenvalue weighted by Crippen LogP contribution is 2.23. The molecule has 2 aromatic heterocycles. The van der Waals surface area contributed by atoms with Gasteiger partial charge >= 0.3 is 0 Å². The lowest BCUT2D eigenvalue weighted by Crippen LogP contribution is -1.98. The first-order valence-corrected chi connectivity index (χ1v) is 6.92. The first-order valence-electron chi connectivity index (χ1n) is 6.54. The van der Waals surface area contributed by atoms with E-state index in [1.807, 2.05) is 12.1 Å². The van der Waals surface area contributed by atoms with Crippen LogP contribution in [0.2, 0.25) is 5.02 Å². The molecule has 0 radical (unpaired) electrons. The van der Waals surface area contributed by atoms with Crippen molar-refractivity contribution in [1.82, 2.24) is 15.4 Å². The van der Waals surface area contributed by atoms with Crippen LogP contribution in [0.5, 0.6) is 0 Å². The molecule has 0 saturated heterocycles. The van der Waals surface area contributed by atoms with Crippen molar-refractivity contribution in [3.05, 3.63) is 46.9 Å². The van der Waals surface area contributed by atoms with Crippen molar-refractivity contribution in [2.24, 2.45) is 0 Å². The molecule has 0 spiro atoms. The Morgan fingerprint density at radius 3 is 2.91 bits per heavy atom. The molecule has 1 unspecified atom stereocenters. The number of alkyl halides is 1. The Kier molecular flexibility index (Phi) is 4.06. The number of halogens is 2. The Morgan fingerprint density at radius 2 is 2.18 bits per heavy atom. The molecule has 0 aliphatic heterocycles. The van der Waals surface area contributed by atoms with Crippen LogP contribution >= 0.6 is 11.6 Å². The maximum absolute atomic E-state index is 13.0. The summed E-state index contributed by atoms with van der Waals surface area (Å²) in [7, 11) is 0. The highest BCUT2D eigenvalue weighted by atomic mass is 35.5. The minimum atomic E-state index is -1.33. The van der Waals surface area contributed by atoms with Gasteiger partial charge in [0.2, 0.25) is 5.76 Å². The van der Waals surface area contributed by atoms with Crippen molar-refractivity contribution >= 4 is 17.3 Å². The van der Waals surface area contributed by atoms with E-state index in [2.05, 4.69) is 20.7 Å². The van der Waals surface area contributed by atoms with Crippen molar-refractivity contribution in [2.75, 3.05) is 5.32 Å². The van der Waals surface area contributed by atoms with Gasteiger partial charge < -0.3 is 14.3 Å². The fourth-order valence-electron chi connectivity index (χ4n) is 1.78. The van der Waals surface area contributed by atoms with E-state index < -0.39 is 6.17 Å². The molecule has 0 bridgehead atoms. The van der Waals surface area contributed by atoms with Crippen molar-refractivity contribution in [1.29, 1.82) is 0 Å². The molecule has 0 aliphatic rings. The topological polar surface area (TPSA) is 77.0 Å². The average Bonchev–Trinajstić information content (AvgIpc) is 3.14. The van der Waals surface area contributed by atoms with Gasteiger partial charge in [0.15, 0.2) is 6.17 Å². The van der Waals surface area contributed by atoms with E-state index in [0.717, 1.165) is 5.69 Å². The number of rotatable bonds is 5. The lowest BCUT2D eigenvalue weighted by molar-refractivity contribution is 0.298. The quantitative estimate of drug-likeness (QED) is 0.764. The van der Waals surface area contributed by atoms with Gasteiger partial charge in [-0.1, -0.05) is 22.8 Å². The van der Waals surface area contributed by atoms with Gasteiger partial charge in [0.25, 0.3) is 11.8 Å². The maximum Gasteiger partial charge on any atom is 0.286 e. The van der Waals surface area contributed by atoms with E-state index in [1.165, 1.54) is 6.92 Å². The van der Waals surface area contributed by atoms with E-state index in [-0.39, 0.29) is 11.8 Å². The summed E-state index contributed by atoms with van der Waals surface area (Å²) in [5.41, 5.74) is 1.51. The number of nitrogens with one attached hydrogen (secondary N) is 1. The number of benzene rings is 1. The molecule has 22 heavy (non-hydrogen) atoms. The van der Waals surface area contributed by atoms with E-state index >= 15 is 0 Å². The highest BCUT2D eigenvalue weighted by Gasteiger charge is 2.17. The Bertz CT molecular complexity index is 772. The summed E-state index contributed by atoms with van der Waals surface area (Å²) < 4.78 is 23.3. The Hall–Kier alpha value is -2.41. The molecule has 0 fully saturated rings. The van der Waals surface area contributed by atoms with Gasteiger partial charge in [-0.15, -0.1) is 10.2 Å². The number of aromatic nitrogens is 3. The Balaban J connectivity index is 1.68. The zero-order chi connectivity index (χ0) is 15.5. The van der Waals surface area contributed by atoms with Gasteiger partial charge in [-0.25, -0.2) is 4.39 Å². The maximum atomic E-state index is 13.0. The third kappa shape index (κ3) is 3.25. The molecule has 1 aromatic carbocycles. The highest BCUT2D eigenvalue weighted by molar-refractivity contribution is 6.30. The third-order valence-corrected chi connectivity index (χ3v) is 3.08.